The van der Waals surface area contributed by atoms with Gasteiger partial charge in [-0.1, -0.05) is 103 Å². The summed E-state index contributed by atoms with van der Waals surface area (Å²) in [6.07, 6.45) is 1.19. The second-order valence-corrected chi connectivity index (χ2v) is 11.0. The topological polar surface area (TPSA) is 111 Å². The van der Waals surface area contributed by atoms with E-state index in [9.17, 15) is 14.4 Å². The number of nitrogens with one attached hydrogen (secondary N) is 2. The smallest absolute Gasteiger partial charge is 0.251 e. The molecule has 5 aromatic rings. The van der Waals surface area contributed by atoms with E-state index in [0.717, 1.165) is 27.5 Å². The molecule has 0 aliphatic heterocycles. The number of hydrogen-bond acceptors (Lipinski definition) is 5. The van der Waals surface area contributed by atoms with Crippen molar-refractivity contribution in [1.29, 1.82) is 0 Å². The highest BCUT2D eigenvalue weighted by Gasteiger charge is 2.28. The fraction of sp³-hybridized carbons (Fsp3) is 0.184. The summed E-state index contributed by atoms with van der Waals surface area (Å²) in [5, 5.41) is 7.99. The van der Waals surface area contributed by atoms with Crippen molar-refractivity contribution in [3.63, 3.8) is 0 Å². The average Bonchev–Trinajstić information content (AvgIpc) is 3.09. The van der Waals surface area contributed by atoms with E-state index in [1.165, 1.54) is 0 Å². The number of Topliss-reactive ketones (excluding diaryl/α,β-unsaturated/α-hetero) is 1. The Bertz CT molecular complexity index is 1740. The van der Waals surface area contributed by atoms with Crippen LogP contribution in [0.15, 0.2) is 127 Å². The molecule has 0 saturated carbocycles. The van der Waals surface area contributed by atoms with Crippen molar-refractivity contribution in [2.24, 2.45) is 5.73 Å². The third-order valence-corrected chi connectivity index (χ3v) is 7.69. The molecule has 0 aromatic heterocycles. The van der Waals surface area contributed by atoms with Crippen molar-refractivity contribution in [3.05, 3.63) is 150 Å². The van der Waals surface area contributed by atoms with E-state index in [-0.39, 0.29) is 18.8 Å². The summed E-state index contributed by atoms with van der Waals surface area (Å²) < 4.78 is 5.74. The maximum Gasteiger partial charge on any atom is 0.251 e. The third kappa shape index (κ3) is 8.87. The lowest BCUT2D eigenvalue weighted by Gasteiger charge is -2.23. The monoisotopic (exact) mass is 599 g/mol. The van der Waals surface area contributed by atoms with Gasteiger partial charge in [-0.05, 0) is 64.6 Å². The first-order chi connectivity index (χ1) is 22.0. The Morgan fingerprint density at radius 2 is 1.33 bits per heavy atom. The molecular weight excluding hydrogens is 562 g/mol. The molecule has 7 nitrogen and oxygen atoms in total. The summed E-state index contributed by atoms with van der Waals surface area (Å²) in [5.74, 6) is -0.530. The van der Waals surface area contributed by atoms with Gasteiger partial charge in [0.2, 0.25) is 5.91 Å². The maximum absolute atomic E-state index is 14.0. The van der Waals surface area contributed by atoms with Crippen molar-refractivity contribution in [2.75, 3.05) is 6.61 Å². The quantitative estimate of drug-likeness (QED) is 0.158. The van der Waals surface area contributed by atoms with Gasteiger partial charge < -0.3 is 21.1 Å². The Labute approximate surface area is 263 Å². The fourth-order valence-corrected chi connectivity index (χ4v) is 5.21. The number of rotatable bonds is 14. The van der Waals surface area contributed by atoms with Gasteiger partial charge in [0, 0.05) is 18.5 Å². The first-order valence-corrected chi connectivity index (χ1v) is 15.1. The molecule has 4 N–H and O–H groups in total. The van der Waals surface area contributed by atoms with Crippen LogP contribution < -0.4 is 21.1 Å². The molecule has 2 amide bonds. The highest BCUT2D eigenvalue weighted by atomic mass is 16.5. The largest absolute Gasteiger partial charge is 0.486 e. The van der Waals surface area contributed by atoms with Crippen molar-refractivity contribution in [2.45, 2.75) is 37.9 Å². The van der Waals surface area contributed by atoms with Crippen molar-refractivity contribution in [3.8, 4) is 5.75 Å². The van der Waals surface area contributed by atoms with Crippen LogP contribution in [0, 0.1) is 0 Å². The zero-order valence-corrected chi connectivity index (χ0v) is 25.0. The average molecular weight is 600 g/mol. The SMILES string of the molecule is NCc1cccc(C(=O)N[C@@H](Cc2ccc3ccccc3c2)C(=O)N[C@@H](CCc2ccccc2)C(=O)COc2ccccc2)c1. The summed E-state index contributed by atoms with van der Waals surface area (Å²) in [6, 6.07) is 38.1. The summed E-state index contributed by atoms with van der Waals surface area (Å²) in [4.78, 5) is 40.8. The maximum atomic E-state index is 14.0. The van der Waals surface area contributed by atoms with E-state index in [4.69, 9.17) is 10.5 Å². The minimum Gasteiger partial charge on any atom is -0.486 e. The van der Waals surface area contributed by atoms with Crippen LogP contribution in [-0.2, 0) is 29.0 Å². The number of benzene rings is 5. The van der Waals surface area contributed by atoms with Gasteiger partial charge in [0.05, 0.1) is 6.04 Å². The van der Waals surface area contributed by atoms with E-state index in [1.54, 1.807) is 30.3 Å². The van der Waals surface area contributed by atoms with E-state index in [1.807, 2.05) is 97.1 Å². The zero-order chi connectivity index (χ0) is 31.4. The summed E-state index contributed by atoms with van der Waals surface area (Å²) >= 11 is 0. The Balaban J connectivity index is 1.37. The van der Waals surface area contributed by atoms with Crippen LogP contribution in [0.2, 0.25) is 0 Å². The highest BCUT2D eigenvalue weighted by Crippen LogP contribution is 2.18. The lowest BCUT2D eigenvalue weighted by atomic mass is 9.99. The van der Waals surface area contributed by atoms with Gasteiger partial charge in [-0.15, -0.1) is 0 Å². The van der Waals surface area contributed by atoms with Gasteiger partial charge in [-0.2, -0.15) is 0 Å². The Kier molecular flexibility index (Phi) is 10.7. The molecule has 5 aromatic carbocycles. The Morgan fingerprint density at radius 3 is 2.09 bits per heavy atom. The number of carbonyl (C=O) groups is 3. The van der Waals surface area contributed by atoms with Crippen LogP contribution >= 0.6 is 0 Å². The minimum absolute atomic E-state index is 0.197. The molecule has 2 atom stereocenters. The number of fused-ring (bicyclic) bond motifs is 1. The number of carbonyl (C=O) groups excluding carboxylic acids is 3. The Morgan fingerprint density at radius 1 is 0.644 bits per heavy atom. The predicted molar refractivity (Wildman–Crippen MR) is 177 cm³/mol. The zero-order valence-electron chi connectivity index (χ0n) is 25.0. The van der Waals surface area contributed by atoms with Gasteiger partial charge in [0.1, 0.15) is 18.4 Å². The molecule has 0 fully saturated rings. The number of ether oxygens (including phenoxy) is 1. The van der Waals surface area contributed by atoms with E-state index in [0.29, 0.717) is 30.7 Å². The first-order valence-electron chi connectivity index (χ1n) is 15.1. The molecule has 0 aliphatic carbocycles. The van der Waals surface area contributed by atoms with Crippen LogP contribution in [0.25, 0.3) is 10.8 Å². The van der Waals surface area contributed by atoms with Crippen molar-refractivity contribution in [1.82, 2.24) is 10.6 Å². The lowest BCUT2D eigenvalue weighted by molar-refractivity contribution is -0.130. The molecular formula is C38H37N3O4. The molecule has 0 saturated heterocycles. The van der Waals surface area contributed by atoms with Gasteiger partial charge in [0.15, 0.2) is 5.78 Å². The molecule has 228 valence electrons. The molecule has 0 bridgehead atoms. The lowest BCUT2D eigenvalue weighted by Crippen LogP contribution is -2.53. The number of amides is 2. The summed E-state index contributed by atoms with van der Waals surface area (Å²) in [7, 11) is 0. The van der Waals surface area contributed by atoms with Gasteiger partial charge in [-0.25, -0.2) is 0 Å². The molecule has 7 heteroatoms. The van der Waals surface area contributed by atoms with E-state index < -0.39 is 23.9 Å². The van der Waals surface area contributed by atoms with Crippen LogP contribution in [0.3, 0.4) is 0 Å². The molecule has 0 heterocycles. The van der Waals surface area contributed by atoms with Crippen LogP contribution in [0.5, 0.6) is 5.75 Å². The second kappa shape index (κ2) is 15.5. The van der Waals surface area contributed by atoms with Crippen LogP contribution in [0.4, 0.5) is 0 Å². The summed E-state index contributed by atoms with van der Waals surface area (Å²) in [5.41, 5.74) is 8.94. The molecule has 0 aliphatic rings. The van der Waals surface area contributed by atoms with Gasteiger partial charge in [0.25, 0.3) is 5.91 Å². The normalized spacial score (nSPS) is 12.2. The number of nitrogens with two attached hydrogens (primary N) is 1. The van der Waals surface area contributed by atoms with Crippen LogP contribution in [0.1, 0.15) is 33.5 Å². The van der Waals surface area contributed by atoms with Crippen molar-refractivity contribution >= 4 is 28.4 Å². The third-order valence-electron chi connectivity index (χ3n) is 7.69. The molecule has 0 spiro atoms. The van der Waals surface area contributed by atoms with Crippen LogP contribution in [-0.4, -0.2) is 36.3 Å². The van der Waals surface area contributed by atoms with E-state index >= 15 is 0 Å². The minimum atomic E-state index is -0.942. The van der Waals surface area contributed by atoms with Gasteiger partial charge >= 0.3 is 0 Å². The highest BCUT2D eigenvalue weighted by molar-refractivity contribution is 5.99. The van der Waals surface area contributed by atoms with Gasteiger partial charge in [-0.3, -0.25) is 14.4 Å². The molecule has 0 unspecified atom stereocenters. The molecule has 0 radical (unpaired) electrons. The second-order valence-electron chi connectivity index (χ2n) is 11.0. The fourth-order valence-electron chi connectivity index (χ4n) is 5.21. The first kappa shape index (κ1) is 31.2. The van der Waals surface area contributed by atoms with Crippen molar-refractivity contribution < 1.29 is 19.1 Å². The Hall–Kier alpha value is -5.27. The number of hydrogen-bond donors (Lipinski definition) is 3. The number of para-hydroxylation sites is 1. The number of aryl methyl sites for hydroxylation is 1. The molecule has 5 rings (SSSR count). The predicted octanol–water partition coefficient (Wildman–Crippen LogP) is 5.41. The molecule has 45 heavy (non-hydrogen) atoms. The number of ketones is 1. The summed E-state index contributed by atoms with van der Waals surface area (Å²) in [6.45, 7) is 0.0930. The standard InChI is InChI=1S/C38H37N3O4/c39-25-29-12-9-15-32(23-29)37(43)41-35(24-28-18-20-30-13-7-8-14-31(30)22-28)38(44)40-34(21-19-27-10-3-1-4-11-27)36(42)26-45-33-16-5-2-6-17-33/h1-18,20,22-23,34-35H,19,21,24-26,39H2,(H,40,44)(H,41,43)/t34-,35-/m0/s1. The van der Waals surface area contributed by atoms with E-state index in [2.05, 4.69) is 10.6 Å².